The Labute approximate surface area is 129 Å². The largest absolute Gasteiger partial charge is 0.497 e. The lowest BCUT2D eigenvalue weighted by atomic mass is 10.1. The fourth-order valence-electron chi connectivity index (χ4n) is 1.97. The first kappa shape index (κ1) is 15.8. The van der Waals surface area contributed by atoms with E-state index in [2.05, 4.69) is 0 Å². The molecule has 0 aliphatic carbocycles. The van der Waals surface area contributed by atoms with Crippen molar-refractivity contribution in [1.29, 1.82) is 0 Å². The molecule has 0 spiro atoms. The van der Waals surface area contributed by atoms with E-state index >= 15 is 0 Å². The molecule has 2 aromatic carbocycles. The van der Waals surface area contributed by atoms with Gasteiger partial charge in [0.1, 0.15) is 11.5 Å². The van der Waals surface area contributed by atoms with E-state index in [1.165, 1.54) is 0 Å². The molecule has 114 valence electrons. The van der Waals surface area contributed by atoms with E-state index in [4.69, 9.17) is 9.47 Å². The third-order valence-corrected chi connectivity index (χ3v) is 3.26. The number of rotatable bonds is 7. The Morgan fingerprint density at radius 1 is 0.909 bits per heavy atom. The molecule has 0 bridgehead atoms. The number of ether oxygens (including phenoxy) is 2. The fourth-order valence-corrected chi connectivity index (χ4v) is 1.97. The van der Waals surface area contributed by atoms with Crippen LogP contribution in [0, 0.1) is 0 Å². The molecule has 4 nitrogen and oxygen atoms in total. The number of Topliss-reactive ketones (excluding diaryl/α,β-unsaturated/α-hetero) is 2. The minimum absolute atomic E-state index is 0.0613. The minimum Gasteiger partial charge on any atom is -0.497 e. The highest BCUT2D eigenvalue weighted by molar-refractivity contribution is 5.97. The Morgan fingerprint density at radius 3 is 2.27 bits per heavy atom. The summed E-state index contributed by atoms with van der Waals surface area (Å²) in [5.41, 5.74) is 1.19. The number of ketones is 2. The highest BCUT2D eigenvalue weighted by Crippen LogP contribution is 2.16. The number of methoxy groups -OCH3 is 1. The van der Waals surface area contributed by atoms with Crippen molar-refractivity contribution < 1.29 is 19.1 Å². The van der Waals surface area contributed by atoms with Gasteiger partial charge >= 0.3 is 0 Å². The summed E-state index contributed by atoms with van der Waals surface area (Å²) in [6.07, 6.45) is 0.467. The predicted molar refractivity (Wildman–Crippen MR) is 83.9 cm³/mol. The van der Waals surface area contributed by atoms with Crippen molar-refractivity contribution in [3.8, 4) is 11.5 Å². The van der Waals surface area contributed by atoms with Gasteiger partial charge in [0.05, 0.1) is 7.11 Å². The van der Waals surface area contributed by atoms with E-state index in [1.54, 1.807) is 55.6 Å². The summed E-state index contributed by atoms with van der Waals surface area (Å²) >= 11 is 0. The van der Waals surface area contributed by atoms with Gasteiger partial charge in [0.15, 0.2) is 18.2 Å². The Kier molecular flexibility index (Phi) is 5.31. The molecule has 0 unspecified atom stereocenters. The van der Waals surface area contributed by atoms with Gasteiger partial charge in [-0.05, 0) is 36.4 Å². The van der Waals surface area contributed by atoms with E-state index in [0.29, 0.717) is 29.0 Å². The number of hydrogen-bond donors (Lipinski definition) is 0. The standard InChI is InChI=1S/C18H18O4/c1-3-17(19)13-7-9-15(10-8-13)22-12-18(20)14-5-4-6-16(11-14)21-2/h4-11H,3,12H2,1-2H3. The lowest BCUT2D eigenvalue weighted by molar-refractivity contribution is 0.0919. The van der Waals surface area contributed by atoms with Crippen molar-refractivity contribution in [1.82, 2.24) is 0 Å². The summed E-state index contributed by atoms with van der Waals surface area (Å²) in [6.45, 7) is 1.76. The second kappa shape index (κ2) is 7.41. The van der Waals surface area contributed by atoms with E-state index in [1.807, 2.05) is 6.92 Å². The van der Waals surface area contributed by atoms with Crippen LogP contribution in [0.25, 0.3) is 0 Å². The third kappa shape index (κ3) is 3.95. The van der Waals surface area contributed by atoms with Crippen LogP contribution in [0.4, 0.5) is 0 Å². The van der Waals surface area contributed by atoms with Crippen LogP contribution in [0.1, 0.15) is 34.1 Å². The molecule has 0 aliphatic heterocycles. The SMILES string of the molecule is CCC(=O)c1ccc(OCC(=O)c2cccc(OC)c2)cc1. The van der Waals surface area contributed by atoms with E-state index in [9.17, 15) is 9.59 Å². The highest BCUT2D eigenvalue weighted by atomic mass is 16.5. The van der Waals surface area contributed by atoms with Crippen LogP contribution >= 0.6 is 0 Å². The molecule has 0 aliphatic rings. The summed E-state index contributed by atoms with van der Waals surface area (Å²) in [5, 5.41) is 0. The fraction of sp³-hybridized carbons (Fsp3) is 0.222. The maximum Gasteiger partial charge on any atom is 0.200 e. The van der Waals surface area contributed by atoms with Gasteiger partial charge in [-0.3, -0.25) is 9.59 Å². The highest BCUT2D eigenvalue weighted by Gasteiger charge is 2.08. The van der Waals surface area contributed by atoms with Crippen LogP contribution < -0.4 is 9.47 Å². The van der Waals surface area contributed by atoms with Gasteiger partial charge in [0.2, 0.25) is 0 Å². The molecule has 0 fully saturated rings. The van der Waals surface area contributed by atoms with Crippen molar-refractivity contribution >= 4 is 11.6 Å². The van der Waals surface area contributed by atoms with Gasteiger partial charge in [0, 0.05) is 17.5 Å². The maximum atomic E-state index is 12.1. The summed E-state index contributed by atoms with van der Waals surface area (Å²) < 4.78 is 10.6. The zero-order valence-corrected chi connectivity index (χ0v) is 12.7. The molecule has 0 saturated carbocycles. The Bertz CT molecular complexity index is 659. The summed E-state index contributed by atoms with van der Waals surface area (Å²) in [6, 6.07) is 13.7. The Hall–Kier alpha value is -2.62. The van der Waals surface area contributed by atoms with Crippen molar-refractivity contribution in [3.05, 3.63) is 59.7 Å². The summed E-state index contributed by atoms with van der Waals surface area (Å²) in [4.78, 5) is 23.6. The van der Waals surface area contributed by atoms with Gasteiger partial charge in [0.25, 0.3) is 0 Å². The van der Waals surface area contributed by atoms with Gasteiger partial charge in [-0.15, -0.1) is 0 Å². The average molecular weight is 298 g/mol. The first-order valence-corrected chi connectivity index (χ1v) is 7.07. The molecule has 0 heterocycles. The maximum absolute atomic E-state index is 12.1. The molecule has 0 saturated heterocycles. The molecule has 0 N–H and O–H groups in total. The second-order valence-electron chi connectivity index (χ2n) is 4.74. The number of carbonyl (C=O) groups excluding carboxylic acids is 2. The molecule has 0 aromatic heterocycles. The number of hydrogen-bond acceptors (Lipinski definition) is 4. The van der Waals surface area contributed by atoms with Gasteiger partial charge in [-0.1, -0.05) is 19.1 Å². The number of carbonyl (C=O) groups is 2. The van der Waals surface area contributed by atoms with Crippen LogP contribution in [0.3, 0.4) is 0 Å². The quantitative estimate of drug-likeness (QED) is 0.734. The number of benzene rings is 2. The van der Waals surface area contributed by atoms with Crippen LogP contribution in [-0.2, 0) is 0 Å². The zero-order chi connectivity index (χ0) is 15.9. The van der Waals surface area contributed by atoms with Crippen molar-refractivity contribution in [3.63, 3.8) is 0 Å². The van der Waals surface area contributed by atoms with Crippen LogP contribution in [0.5, 0.6) is 11.5 Å². The second-order valence-corrected chi connectivity index (χ2v) is 4.74. The van der Waals surface area contributed by atoms with E-state index in [-0.39, 0.29) is 18.2 Å². The lowest BCUT2D eigenvalue weighted by Gasteiger charge is -2.07. The molecular weight excluding hydrogens is 280 g/mol. The summed E-state index contributed by atoms with van der Waals surface area (Å²) in [7, 11) is 1.55. The van der Waals surface area contributed by atoms with Gasteiger partial charge in [-0.2, -0.15) is 0 Å². The normalized spacial score (nSPS) is 10.1. The lowest BCUT2D eigenvalue weighted by Crippen LogP contribution is -2.11. The minimum atomic E-state index is -0.132. The van der Waals surface area contributed by atoms with Crippen molar-refractivity contribution in [2.75, 3.05) is 13.7 Å². The summed E-state index contributed by atoms with van der Waals surface area (Å²) in [5.74, 6) is 1.14. The van der Waals surface area contributed by atoms with Gasteiger partial charge < -0.3 is 9.47 Å². The zero-order valence-electron chi connectivity index (χ0n) is 12.7. The molecular formula is C18H18O4. The molecule has 22 heavy (non-hydrogen) atoms. The average Bonchev–Trinajstić information content (AvgIpc) is 2.59. The van der Waals surface area contributed by atoms with Crippen LogP contribution in [0.2, 0.25) is 0 Å². The van der Waals surface area contributed by atoms with Crippen LogP contribution in [0.15, 0.2) is 48.5 Å². The first-order valence-electron chi connectivity index (χ1n) is 7.07. The first-order chi connectivity index (χ1) is 10.6. The van der Waals surface area contributed by atoms with Crippen LogP contribution in [-0.4, -0.2) is 25.3 Å². The topological polar surface area (TPSA) is 52.6 Å². The Balaban J connectivity index is 1.97. The van der Waals surface area contributed by atoms with E-state index < -0.39 is 0 Å². The Morgan fingerprint density at radius 2 is 1.64 bits per heavy atom. The van der Waals surface area contributed by atoms with Crippen molar-refractivity contribution in [2.45, 2.75) is 13.3 Å². The third-order valence-electron chi connectivity index (χ3n) is 3.26. The molecule has 0 radical (unpaired) electrons. The molecule has 2 aromatic rings. The predicted octanol–water partition coefficient (Wildman–Crippen LogP) is 3.55. The van der Waals surface area contributed by atoms with Gasteiger partial charge in [-0.25, -0.2) is 0 Å². The smallest absolute Gasteiger partial charge is 0.200 e. The molecule has 2 rings (SSSR count). The van der Waals surface area contributed by atoms with Crippen molar-refractivity contribution in [2.24, 2.45) is 0 Å². The van der Waals surface area contributed by atoms with E-state index in [0.717, 1.165) is 0 Å². The molecule has 4 heteroatoms. The monoisotopic (exact) mass is 298 g/mol. The molecule has 0 atom stereocenters. The molecule has 0 amide bonds.